The minimum Gasteiger partial charge on any atom is -0.491 e. The molecule has 0 aromatic heterocycles. The second kappa shape index (κ2) is 5.78. The van der Waals surface area contributed by atoms with Crippen LogP contribution < -0.4 is 15.4 Å². The molecule has 0 unspecified atom stereocenters. The minimum atomic E-state index is 0.183. The van der Waals surface area contributed by atoms with Crippen LogP contribution in [-0.2, 0) is 0 Å². The number of rotatable bonds is 3. The van der Waals surface area contributed by atoms with Crippen molar-refractivity contribution in [2.75, 3.05) is 23.7 Å². The number of nitrogens with zero attached hydrogens (tertiary/aromatic N) is 1. The molecule has 1 aliphatic carbocycles. The maximum Gasteiger partial charge on any atom is 0.123 e. The van der Waals surface area contributed by atoms with Gasteiger partial charge < -0.3 is 15.4 Å². The zero-order chi connectivity index (χ0) is 14.9. The van der Waals surface area contributed by atoms with Gasteiger partial charge in [0, 0.05) is 36.6 Å². The summed E-state index contributed by atoms with van der Waals surface area (Å²) in [6.45, 7) is 6.41. The summed E-state index contributed by atoms with van der Waals surface area (Å²) in [5, 5.41) is 0. The van der Waals surface area contributed by atoms with E-state index in [-0.39, 0.29) is 6.10 Å². The van der Waals surface area contributed by atoms with Crippen LogP contribution in [0.1, 0.15) is 52.4 Å². The lowest BCUT2D eigenvalue weighted by molar-refractivity contribution is 0.226. The van der Waals surface area contributed by atoms with E-state index in [9.17, 15) is 0 Å². The van der Waals surface area contributed by atoms with Crippen LogP contribution in [0.4, 0.5) is 11.4 Å². The van der Waals surface area contributed by atoms with Crippen molar-refractivity contribution in [2.45, 2.75) is 58.5 Å². The molecule has 1 aromatic carbocycles. The van der Waals surface area contributed by atoms with E-state index in [2.05, 4.69) is 17.0 Å². The number of nitrogen functional groups attached to an aromatic ring is 1. The van der Waals surface area contributed by atoms with E-state index in [1.54, 1.807) is 0 Å². The van der Waals surface area contributed by atoms with Crippen molar-refractivity contribution in [1.29, 1.82) is 0 Å². The number of nitrogens with two attached hydrogens (primary N) is 1. The van der Waals surface area contributed by atoms with Crippen LogP contribution in [0.5, 0.6) is 5.75 Å². The van der Waals surface area contributed by atoms with Crippen molar-refractivity contribution >= 4 is 11.4 Å². The molecule has 0 atom stereocenters. The van der Waals surface area contributed by atoms with Crippen LogP contribution in [0.2, 0.25) is 0 Å². The van der Waals surface area contributed by atoms with Gasteiger partial charge >= 0.3 is 0 Å². The topological polar surface area (TPSA) is 38.5 Å². The Hall–Kier alpha value is -1.38. The van der Waals surface area contributed by atoms with Crippen molar-refractivity contribution in [3.8, 4) is 5.75 Å². The standard InChI is InChI=1S/C18H28N2O/c1-14(2)21-17-12-15(19)11-16(13-17)20-9-7-18(8-10-20)5-3-4-6-18/h11-14H,3-10,19H2,1-2H3. The van der Waals surface area contributed by atoms with E-state index >= 15 is 0 Å². The fourth-order valence-corrected chi connectivity index (χ4v) is 3.99. The fraction of sp³-hybridized carbons (Fsp3) is 0.667. The number of benzene rings is 1. The first-order valence-corrected chi connectivity index (χ1v) is 8.39. The van der Waals surface area contributed by atoms with E-state index in [1.165, 1.54) is 44.2 Å². The van der Waals surface area contributed by atoms with E-state index in [0.29, 0.717) is 5.41 Å². The molecule has 2 N–H and O–H groups in total. The van der Waals surface area contributed by atoms with Gasteiger partial charge in [0.25, 0.3) is 0 Å². The fourth-order valence-electron chi connectivity index (χ4n) is 3.99. The van der Waals surface area contributed by atoms with E-state index in [1.807, 2.05) is 19.9 Å². The Labute approximate surface area is 128 Å². The SMILES string of the molecule is CC(C)Oc1cc(N)cc(N2CCC3(CCCC3)CC2)c1. The normalized spacial score (nSPS) is 21.2. The summed E-state index contributed by atoms with van der Waals surface area (Å²) in [6, 6.07) is 6.15. The Kier molecular flexibility index (Phi) is 4.01. The van der Waals surface area contributed by atoms with E-state index < -0.39 is 0 Å². The second-order valence-corrected chi connectivity index (χ2v) is 7.12. The highest BCUT2D eigenvalue weighted by Gasteiger charge is 2.36. The van der Waals surface area contributed by atoms with Crippen LogP contribution in [-0.4, -0.2) is 19.2 Å². The maximum absolute atomic E-state index is 6.05. The second-order valence-electron chi connectivity index (χ2n) is 7.12. The van der Waals surface area contributed by atoms with Gasteiger partial charge in [0.2, 0.25) is 0 Å². The first-order valence-electron chi connectivity index (χ1n) is 8.39. The van der Waals surface area contributed by atoms with Gasteiger partial charge in [-0.15, -0.1) is 0 Å². The van der Waals surface area contributed by atoms with E-state index in [4.69, 9.17) is 10.5 Å². The monoisotopic (exact) mass is 288 g/mol. The average Bonchev–Trinajstić information content (AvgIpc) is 2.86. The molecule has 0 amide bonds. The Morgan fingerprint density at radius 3 is 2.33 bits per heavy atom. The molecule has 0 radical (unpaired) electrons. The van der Waals surface area contributed by atoms with Gasteiger partial charge in [-0.1, -0.05) is 12.8 Å². The molecule has 2 aliphatic rings. The Morgan fingerprint density at radius 2 is 1.71 bits per heavy atom. The van der Waals surface area contributed by atoms with Gasteiger partial charge in [-0.25, -0.2) is 0 Å². The highest BCUT2D eigenvalue weighted by molar-refractivity contribution is 5.60. The van der Waals surface area contributed by atoms with Gasteiger partial charge in [0.15, 0.2) is 0 Å². The molecular formula is C18H28N2O. The van der Waals surface area contributed by atoms with Crippen molar-refractivity contribution in [3.05, 3.63) is 18.2 Å². The molecule has 1 aliphatic heterocycles. The predicted octanol–water partition coefficient (Wildman–Crippen LogP) is 4.22. The first kappa shape index (κ1) is 14.6. The Bertz CT molecular complexity index is 482. The van der Waals surface area contributed by atoms with Crippen molar-refractivity contribution in [2.24, 2.45) is 5.41 Å². The third kappa shape index (κ3) is 3.28. The van der Waals surface area contributed by atoms with Gasteiger partial charge in [0.05, 0.1) is 6.10 Å². The molecular weight excluding hydrogens is 260 g/mol. The summed E-state index contributed by atoms with van der Waals surface area (Å²) in [6.07, 6.45) is 8.61. The molecule has 1 heterocycles. The van der Waals surface area contributed by atoms with E-state index in [0.717, 1.165) is 24.5 Å². The van der Waals surface area contributed by atoms with Crippen LogP contribution >= 0.6 is 0 Å². The average molecular weight is 288 g/mol. The van der Waals surface area contributed by atoms with Crippen molar-refractivity contribution in [3.63, 3.8) is 0 Å². The lowest BCUT2D eigenvalue weighted by Crippen LogP contribution is -2.38. The lowest BCUT2D eigenvalue weighted by Gasteiger charge is -2.40. The molecule has 21 heavy (non-hydrogen) atoms. The predicted molar refractivity (Wildman–Crippen MR) is 89.0 cm³/mol. The number of ether oxygens (including phenoxy) is 1. The summed E-state index contributed by atoms with van der Waals surface area (Å²) in [5.41, 5.74) is 8.73. The van der Waals surface area contributed by atoms with Crippen LogP contribution in [0.25, 0.3) is 0 Å². The van der Waals surface area contributed by atoms with Gasteiger partial charge in [-0.05, 0) is 51.0 Å². The summed E-state index contributed by atoms with van der Waals surface area (Å²) in [7, 11) is 0. The third-order valence-electron chi connectivity index (χ3n) is 5.14. The largest absolute Gasteiger partial charge is 0.491 e. The van der Waals surface area contributed by atoms with Crippen LogP contribution in [0.3, 0.4) is 0 Å². The smallest absolute Gasteiger partial charge is 0.123 e. The van der Waals surface area contributed by atoms with Crippen LogP contribution in [0, 0.1) is 5.41 Å². The van der Waals surface area contributed by atoms with Gasteiger partial charge in [-0.3, -0.25) is 0 Å². The highest BCUT2D eigenvalue weighted by Crippen LogP contribution is 2.46. The molecule has 1 saturated heterocycles. The first-order chi connectivity index (χ1) is 10.1. The number of hydrogen-bond donors (Lipinski definition) is 1. The Morgan fingerprint density at radius 1 is 1.05 bits per heavy atom. The molecule has 0 bridgehead atoms. The molecule has 1 spiro atoms. The zero-order valence-corrected chi connectivity index (χ0v) is 13.4. The quantitative estimate of drug-likeness (QED) is 0.846. The molecule has 116 valence electrons. The summed E-state index contributed by atoms with van der Waals surface area (Å²) in [4.78, 5) is 2.48. The molecule has 3 nitrogen and oxygen atoms in total. The van der Waals surface area contributed by atoms with Gasteiger partial charge in [0.1, 0.15) is 5.75 Å². The maximum atomic E-state index is 6.05. The number of piperidine rings is 1. The Balaban J connectivity index is 1.71. The molecule has 3 heteroatoms. The van der Waals surface area contributed by atoms with Gasteiger partial charge in [-0.2, -0.15) is 0 Å². The molecule has 1 aromatic rings. The van der Waals surface area contributed by atoms with Crippen molar-refractivity contribution in [1.82, 2.24) is 0 Å². The molecule has 1 saturated carbocycles. The third-order valence-corrected chi connectivity index (χ3v) is 5.14. The highest BCUT2D eigenvalue weighted by atomic mass is 16.5. The zero-order valence-electron chi connectivity index (χ0n) is 13.4. The summed E-state index contributed by atoms with van der Waals surface area (Å²) >= 11 is 0. The molecule has 3 rings (SSSR count). The summed E-state index contributed by atoms with van der Waals surface area (Å²) in [5.74, 6) is 0.890. The number of anilines is 2. The molecule has 2 fully saturated rings. The number of hydrogen-bond acceptors (Lipinski definition) is 3. The minimum absolute atomic E-state index is 0.183. The van der Waals surface area contributed by atoms with Crippen molar-refractivity contribution < 1.29 is 4.74 Å². The van der Waals surface area contributed by atoms with Crippen LogP contribution in [0.15, 0.2) is 18.2 Å². The summed E-state index contributed by atoms with van der Waals surface area (Å²) < 4.78 is 5.81. The lowest BCUT2D eigenvalue weighted by atomic mass is 9.77.